The first-order valence-corrected chi connectivity index (χ1v) is 9.75. The van der Waals surface area contributed by atoms with Gasteiger partial charge in [0.2, 0.25) is 0 Å². The standard InChI is InChI=1S/C16H19N5O5S/c1-18-11-15(17-12-18)27(25,26)20-7-3-6-19(8-9-20)16(22)13-4-2-5-14(10-13)21(23)24/h2,4-5,10-12H,3,6-9H2,1H3. The number of sulfonamides is 1. The first-order chi connectivity index (χ1) is 12.8. The third-order valence-corrected chi connectivity index (χ3v) is 6.12. The molecule has 0 unspecified atom stereocenters. The van der Waals surface area contributed by atoms with Gasteiger partial charge in [-0.15, -0.1) is 0 Å². The van der Waals surface area contributed by atoms with Crippen molar-refractivity contribution in [2.24, 2.45) is 7.05 Å². The fraction of sp³-hybridized carbons (Fsp3) is 0.375. The average molecular weight is 393 g/mol. The molecule has 0 saturated carbocycles. The summed E-state index contributed by atoms with van der Waals surface area (Å²) in [5.74, 6) is -0.351. The van der Waals surface area contributed by atoms with E-state index in [0.29, 0.717) is 13.0 Å². The van der Waals surface area contributed by atoms with Gasteiger partial charge in [0, 0.05) is 57.1 Å². The number of carbonyl (C=O) groups excluding carboxylic acids is 1. The van der Waals surface area contributed by atoms with Gasteiger partial charge in [0.05, 0.1) is 11.3 Å². The van der Waals surface area contributed by atoms with Crippen LogP contribution in [0, 0.1) is 10.1 Å². The molecule has 27 heavy (non-hydrogen) atoms. The van der Waals surface area contributed by atoms with Gasteiger partial charge < -0.3 is 9.47 Å². The number of aryl methyl sites for hydroxylation is 1. The van der Waals surface area contributed by atoms with Gasteiger partial charge in [0.15, 0.2) is 5.03 Å². The zero-order valence-corrected chi connectivity index (χ0v) is 15.5. The van der Waals surface area contributed by atoms with Crippen molar-refractivity contribution >= 4 is 21.6 Å². The number of nitro benzene ring substituents is 1. The maximum Gasteiger partial charge on any atom is 0.270 e. The van der Waals surface area contributed by atoms with Gasteiger partial charge in [-0.25, -0.2) is 13.4 Å². The molecule has 0 atom stereocenters. The molecule has 10 nitrogen and oxygen atoms in total. The molecule has 2 heterocycles. The molecule has 2 aromatic rings. The lowest BCUT2D eigenvalue weighted by Crippen LogP contribution is -2.37. The van der Waals surface area contributed by atoms with Gasteiger partial charge in [0.1, 0.15) is 0 Å². The molecule has 1 fully saturated rings. The molecule has 1 aromatic heterocycles. The molecule has 1 aliphatic rings. The summed E-state index contributed by atoms with van der Waals surface area (Å²) in [7, 11) is -2.03. The zero-order chi connectivity index (χ0) is 19.6. The van der Waals surface area contributed by atoms with Crippen molar-refractivity contribution in [3.05, 3.63) is 52.5 Å². The molecule has 0 spiro atoms. The lowest BCUT2D eigenvalue weighted by Gasteiger charge is -2.21. The first kappa shape index (κ1) is 19.0. The number of benzene rings is 1. The van der Waals surface area contributed by atoms with E-state index in [9.17, 15) is 23.3 Å². The van der Waals surface area contributed by atoms with Crippen molar-refractivity contribution in [2.45, 2.75) is 11.4 Å². The molecule has 1 amide bonds. The Kier molecular flexibility index (Phi) is 5.24. The van der Waals surface area contributed by atoms with Crippen LogP contribution in [0.3, 0.4) is 0 Å². The maximum atomic E-state index is 12.7. The molecule has 1 saturated heterocycles. The molecule has 0 N–H and O–H groups in total. The van der Waals surface area contributed by atoms with Gasteiger partial charge in [-0.2, -0.15) is 4.31 Å². The smallest absolute Gasteiger partial charge is 0.270 e. The lowest BCUT2D eigenvalue weighted by molar-refractivity contribution is -0.384. The Balaban J connectivity index is 1.74. The minimum atomic E-state index is -3.72. The number of nitrogens with zero attached hydrogens (tertiary/aromatic N) is 5. The summed E-state index contributed by atoms with van der Waals surface area (Å²) in [5, 5.41) is 10.9. The molecule has 0 bridgehead atoms. The van der Waals surface area contributed by atoms with Crippen molar-refractivity contribution in [1.82, 2.24) is 18.8 Å². The van der Waals surface area contributed by atoms with Crippen LogP contribution in [0.25, 0.3) is 0 Å². The normalized spacial score (nSPS) is 16.1. The minimum Gasteiger partial charge on any atom is -0.339 e. The molecule has 1 aromatic carbocycles. The van der Waals surface area contributed by atoms with Crippen LogP contribution in [0.1, 0.15) is 16.8 Å². The summed E-state index contributed by atoms with van der Waals surface area (Å²) in [6, 6.07) is 5.53. The topological polar surface area (TPSA) is 119 Å². The van der Waals surface area contributed by atoms with Crippen LogP contribution < -0.4 is 0 Å². The van der Waals surface area contributed by atoms with Crippen molar-refractivity contribution in [3.8, 4) is 0 Å². The SMILES string of the molecule is Cn1cnc(S(=O)(=O)N2CCCN(C(=O)c3cccc([N+](=O)[O-])c3)CC2)c1. The van der Waals surface area contributed by atoms with E-state index in [0.717, 1.165) is 0 Å². The van der Waals surface area contributed by atoms with Crippen molar-refractivity contribution in [2.75, 3.05) is 26.2 Å². The number of carbonyl (C=O) groups is 1. The van der Waals surface area contributed by atoms with E-state index in [-0.39, 0.29) is 41.8 Å². The highest BCUT2D eigenvalue weighted by Gasteiger charge is 2.30. The van der Waals surface area contributed by atoms with Gasteiger partial charge in [-0.3, -0.25) is 14.9 Å². The number of hydrogen-bond donors (Lipinski definition) is 0. The molecule has 0 radical (unpaired) electrons. The Labute approximate surface area is 156 Å². The van der Waals surface area contributed by atoms with Gasteiger partial charge in [-0.05, 0) is 12.5 Å². The Bertz CT molecular complexity index is 971. The van der Waals surface area contributed by atoms with E-state index in [4.69, 9.17) is 0 Å². The molecule has 144 valence electrons. The van der Waals surface area contributed by atoms with Gasteiger partial charge >= 0.3 is 0 Å². The van der Waals surface area contributed by atoms with E-state index in [1.165, 1.54) is 46.0 Å². The summed E-state index contributed by atoms with van der Waals surface area (Å²) in [5.41, 5.74) is 0.0558. The highest BCUT2D eigenvalue weighted by Crippen LogP contribution is 2.19. The van der Waals surface area contributed by atoms with E-state index in [2.05, 4.69) is 4.98 Å². The highest BCUT2D eigenvalue weighted by atomic mass is 32.2. The quantitative estimate of drug-likeness (QED) is 0.562. The molecule has 1 aliphatic heterocycles. The predicted molar refractivity (Wildman–Crippen MR) is 95.6 cm³/mol. The number of aromatic nitrogens is 2. The molecular weight excluding hydrogens is 374 g/mol. The van der Waals surface area contributed by atoms with E-state index >= 15 is 0 Å². The lowest BCUT2D eigenvalue weighted by atomic mass is 10.1. The fourth-order valence-corrected chi connectivity index (χ4v) is 4.36. The maximum absolute atomic E-state index is 12.7. The number of non-ortho nitro benzene ring substituents is 1. The van der Waals surface area contributed by atoms with Crippen molar-refractivity contribution in [3.63, 3.8) is 0 Å². The predicted octanol–water partition coefficient (Wildman–Crippen LogP) is 0.865. The van der Waals surface area contributed by atoms with Gasteiger partial charge in [-0.1, -0.05) is 6.07 Å². The van der Waals surface area contributed by atoms with E-state index in [1.54, 1.807) is 11.6 Å². The Morgan fingerprint density at radius 2 is 2.00 bits per heavy atom. The summed E-state index contributed by atoms with van der Waals surface area (Å²) < 4.78 is 28.3. The summed E-state index contributed by atoms with van der Waals surface area (Å²) in [6.45, 7) is 0.987. The minimum absolute atomic E-state index is 0.0246. The Morgan fingerprint density at radius 1 is 1.22 bits per heavy atom. The van der Waals surface area contributed by atoms with E-state index < -0.39 is 14.9 Å². The van der Waals surface area contributed by atoms with Crippen LogP contribution in [-0.4, -0.2) is 64.2 Å². The number of amides is 1. The van der Waals surface area contributed by atoms with Crippen molar-refractivity contribution in [1.29, 1.82) is 0 Å². The number of nitro groups is 1. The Morgan fingerprint density at radius 3 is 2.67 bits per heavy atom. The van der Waals surface area contributed by atoms with Crippen LogP contribution in [0.2, 0.25) is 0 Å². The number of rotatable bonds is 4. The van der Waals surface area contributed by atoms with Crippen LogP contribution in [0.4, 0.5) is 5.69 Å². The zero-order valence-electron chi connectivity index (χ0n) is 14.7. The molecule has 11 heteroatoms. The first-order valence-electron chi connectivity index (χ1n) is 8.31. The number of hydrogen-bond acceptors (Lipinski definition) is 6. The van der Waals surface area contributed by atoms with Crippen LogP contribution in [0.5, 0.6) is 0 Å². The summed E-state index contributed by atoms with van der Waals surface area (Å²) >= 11 is 0. The third kappa shape index (κ3) is 3.98. The van der Waals surface area contributed by atoms with Gasteiger partial charge in [0.25, 0.3) is 21.6 Å². The fourth-order valence-electron chi connectivity index (χ4n) is 2.93. The van der Waals surface area contributed by atoms with Crippen LogP contribution in [-0.2, 0) is 17.1 Å². The second-order valence-corrected chi connectivity index (χ2v) is 8.12. The highest BCUT2D eigenvalue weighted by molar-refractivity contribution is 7.89. The third-order valence-electron chi connectivity index (χ3n) is 4.33. The monoisotopic (exact) mass is 393 g/mol. The second kappa shape index (κ2) is 7.45. The molecule has 0 aliphatic carbocycles. The van der Waals surface area contributed by atoms with Crippen LogP contribution >= 0.6 is 0 Å². The average Bonchev–Trinajstić information content (AvgIpc) is 2.94. The molecular formula is C16H19N5O5S. The van der Waals surface area contributed by atoms with E-state index in [1.807, 2.05) is 0 Å². The summed E-state index contributed by atoms with van der Waals surface area (Å²) in [4.78, 5) is 28.4. The van der Waals surface area contributed by atoms with Crippen molar-refractivity contribution < 1.29 is 18.1 Å². The summed E-state index contributed by atoms with van der Waals surface area (Å²) in [6.07, 6.45) is 3.32. The molecule has 3 rings (SSSR count). The largest absolute Gasteiger partial charge is 0.339 e. The van der Waals surface area contributed by atoms with Crippen LogP contribution in [0.15, 0.2) is 41.8 Å². The second-order valence-electron chi connectivity index (χ2n) is 6.23. The Hall–Kier alpha value is -2.79. The number of imidazole rings is 1.